The minimum absolute atomic E-state index is 0.00959. The van der Waals surface area contributed by atoms with E-state index in [0.717, 1.165) is 32.7 Å². The number of carbonyl (C=O) groups is 1. The number of anilines is 1. The van der Waals surface area contributed by atoms with Crippen molar-refractivity contribution in [1.82, 2.24) is 19.8 Å². The largest absolute Gasteiger partial charge is 0.366 e. The second kappa shape index (κ2) is 8.27. The molecule has 0 spiro atoms. The third-order valence-electron chi connectivity index (χ3n) is 4.76. The maximum Gasteiger partial charge on any atom is 0.272 e. The molecule has 26 heavy (non-hydrogen) atoms. The van der Waals surface area contributed by atoms with Gasteiger partial charge in [-0.25, -0.2) is 9.97 Å². The molecule has 1 aliphatic heterocycles. The second-order valence-corrected chi connectivity index (χ2v) is 6.75. The Balaban J connectivity index is 1.67. The topological polar surface area (TPSA) is 61.4 Å². The summed E-state index contributed by atoms with van der Waals surface area (Å²) in [5.74, 6) is 1.28. The van der Waals surface area contributed by atoms with Gasteiger partial charge >= 0.3 is 0 Å². The molecule has 0 saturated carbocycles. The molecule has 1 aromatic carbocycles. The SMILES string of the molecule is CCN1CCN(C(=O)c2cc(NCc3ccc(C)cc3)nc(C)n2)CC1. The van der Waals surface area contributed by atoms with Crippen molar-refractivity contribution < 1.29 is 4.79 Å². The number of nitrogens with zero attached hydrogens (tertiary/aromatic N) is 4. The van der Waals surface area contributed by atoms with Gasteiger partial charge in [-0.3, -0.25) is 4.79 Å². The minimum atomic E-state index is -0.00959. The molecule has 1 aliphatic rings. The molecular weight excluding hydrogens is 326 g/mol. The zero-order valence-electron chi connectivity index (χ0n) is 15.8. The number of nitrogens with one attached hydrogen (secondary N) is 1. The first kappa shape index (κ1) is 18.3. The van der Waals surface area contributed by atoms with Gasteiger partial charge in [0.25, 0.3) is 5.91 Å². The molecule has 6 nitrogen and oxygen atoms in total. The first-order chi connectivity index (χ1) is 12.5. The smallest absolute Gasteiger partial charge is 0.272 e. The van der Waals surface area contributed by atoms with Crippen LogP contribution in [0.3, 0.4) is 0 Å². The molecule has 1 N–H and O–H groups in total. The van der Waals surface area contributed by atoms with E-state index in [-0.39, 0.29) is 5.91 Å². The zero-order valence-corrected chi connectivity index (χ0v) is 15.8. The predicted octanol–water partition coefficient (Wildman–Crippen LogP) is 2.48. The molecule has 1 amide bonds. The number of benzene rings is 1. The highest BCUT2D eigenvalue weighted by atomic mass is 16.2. The van der Waals surface area contributed by atoms with Crippen LogP contribution in [0.2, 0.25) is 0 Å². The van der Waals surface area contributed by atoms with Crippen molar-refractivity contribution in [2.45, 2.75) is 27.3 Å². The summed E-state index contributed by atoms with van der Waals surface area (Å²) in [6.07, 6.45) is 0. The number of aromatic nitrogens is 2. The Morgan fingerprint density at radius 3 is 2.42 bits per heavy atom. The fourth-order valence-corrected chi connectivity index (χ4v) is 3.10. The first-order valence-corrected chi connectivity index (χ1v) is 9.22. The Morgan fingerprint density at radius 2 is 1.77 bits per heavy atom. The van der Waals surface area contributed by atoms with Crippen molar-refractivity contribution in [3.05, 3.63) is 53.0 Å². The van der Waals surface area contributed by atoms with Crippen molar-refractivity contribution in [3.63, 3.8) is 0 Å². The van der Waals surface area contributed by atoms with Gasteiger partial charge in [0.05, 0.1) is 0 Å². The van der Waals surface area contributed by atoms with Gasteiger partial charge in [-0.15, -0.1) is 0 Å². The molecule has 1 saturated heterocycles. The zero-order chi connectivity index (χ0) is 18.5. The van der Waals surface area contributed by atoms with Crippen molar-refractivity contribution in [1.29, 1.82) is 0 Å². The van der Waals surface area contributed by atoms with E-state index < -0.39 is 0 Å². The lowest BCUT2D eigenvalue weighted by Gasteiger charge is -2.33. The van der Waals surface area contributed by atoms with Gasteiger partial charge in [-0.1, -0.05) is 36.8 Å². The quantitative estimate of drug-likeness (QED) is 0.895. The maximum absolute atomic E-state index is 12.8. The molecular formula is C20H27N5O. The van der Waals surface area contributed by atoms with E-state index in [0.29, 0.717) is 23.9 Å². The Bertz CT molecular complexity index is 751. The predicted molar refractivity (Wildman–Crippen MR) is 103 cm³/mol. The Kier molecular flexibility index (Phi) is 5.83. The average molecular weight is 353 g/mol. The number of hydrogen-bond acceptors (Lipinski definition) is 5. The molecule has 2 aromatic rings. The van der Waals surface area contributed by atoms with E-state index in [1.165, 1.54) is 11.1 Å². The number of piperazine rings is 1. The molecule has 0 atom stereocenters. The standard InChI is InChI=1S/C20H27N5O/c1-4-24-9-11-25(12-10-24)20(26)18-13-19(23-16(3)22-18)21-14-17-7-5-15(2)6-8-17/h5-8,13H,4,9-12,14H2,1-3H3,(H,21,22,23). The number of amides is 1. The molecule has 0 radical (unpaired) electrons. The number of hydrogen-bond donors (Lipinski definition) is 1. The van der Waals surface area contributed by atoms with Gasteiger partial charge in [-0.2, -0.15) is 0 Å². The highest BCUT2D eigenvalue weighted by Gasteiger charge is 2.23. The van der Waals surface area contributed by atoms with Crippen LogP contribution in [-0.4, -0.2) is 58.4 Å². The lowest BCUT2D eigenvalue weighted by molar-refractivity contribution is 0.0637. The molecule has 0 unspecified atom stereocenters. The van der Waals surface area contributed by atoms with Crippen LogP contribution in [0.15, 0.2) is 30.3 Å². The maximum atomic E-state index is 12.8. The summed E-state index contributed by atoms with van der Waals surface area (Å²) in [4.78, 5) is 25.8. The molecule has 0 aliphatic carbocycles. The summed E-state index contributed by atoms with van der Waals surface area (Å²) in [7, 11) is 0. The summed E-state index contributed by atoms with van der Waals surface area (Å²) in [6.45, 7) is 11.1. The van der Waals surface area contributed by atoms with Crippen molar-refractivity contribution in [3.8, 4) is 0 Å². The van der Waals surface area contributed by atoms with Crippen LogP contribution in [-0.2, 0) is 6.54 Å². The summed E-state index contributed by atoms with van der Waals surface area (Å²) in [5, 5.41) is 3.31. The van der Waals surface area contributed by atoms with Gasteiger partial charge < -0.3 is 15.1 Å². The summed E-state index contributed by atoms with van der Waals surface area (Å²) in [5.41, 5.74) is 2.88. The van der Waals surface area contributed by atoms with E-state index >= 15 is 0 Å². The van der Waals surface area contributed by atoms with Crippen LogP contribution >= 0.6 is 0 Å². The van der Waals surface area contributed by atoms with Crippen molar-refractivity contribution >= 4 is 11.7 Å². The normalized spacial score (nSPS) is 15.1. The Morgan fingerprint density at radius 1 is 1.08 bits per heavy atom. The van der Waals surface area contributed by atoms with Gasteiger partial charge in [0.1, 0.15) is 17.3 Å². The third-order valence-corrected chi connectivity index (χ3v) is 4.76. The fraction of sp³-hybridized carbons (Fsp3) is 0.450. The Labute approximate surface area is 155 Å². The summed E-state index contributed by atoms with van der Waals surface area (Å²) >= 11 is 0. The van der Waals surface area contributed by atoms with Crippen LogP contribution in [0, 0.1) is 13.8 Å². The van der Waals surface area contributed by atoms with Crippen LogP contribution in [0.5, 0.6) is 0 Å². The number of aryl methyl sites for hydroxylation is 2. The van der Waals surface area contributed by atoms with E-state index in [2.05, 4.69) is 58.3 Å². The Hall–Kier alpha value is -2.47. The average Bonchev–Trinajstić information content (AvgIpc) is 2.66. The van der Waals surface area contributed by atoms with E-state index in [4.69, 9.17) is 0 Å². The highest BCUT2D eigenvalue weighted by molar-refractivity contribution is 5.93. The van der Waals surface area contributed by atoms with Crippen LogP contribution in [0.1, 0.15) is 34.4 Å². The lowest BCUT2D eigenvalue weighted by Crippen LogP contribution is -2.48. The lowest BCUT2D eigenvalue weighted by atomic mass is 10.1. The van der Waals surface area contributed by atoms with Crippen molar-refractivity contribution in [2.75, 3.05) is 38.0 Å². The third kappa shape index (κ3) is 4.58. The van der Waals surface area contributed by atoms with Crippen LogP contribution < -0.4 is 5.32 Å². The van der Waals surface area contributed by atoms with E-state index in [1.807, 2.05) is 11.8 Å². The molecule has 138 valence electrons. The van der Waals surface area contributed by atoms with Gasteiger partial charge in [-0.05, 0) is 26.0 Å². The van der Waals surface area contributed by atoms with Crippen LogP contribution in [0.4, 0.5) is 5.82 Å². The molecule has 2 heterocycles. The van der Waals surface area contributed by atoms with Crippen LogP contribution in [0.25, 0.3) is 0 Å². The van der Waals surface area contributed by atoms with E-state index in [9.17, 15) is 4.79 Å². The number of likely N-dealkylation sites (N-methyl/N-ethyl adjacent to an activating group) is 1. The first-order valence-electron chi connectivity index (χ1n) is 9.22. The van der Waals surface area contributed by atoms with Gasteiger partial charge in [0.2, 0.25) is 0 Å². The van der Waals surface area contributed by atoms with Crippen molar-refractivity contribution in [2.24, 2.45) is 0 Å². The molecule has 0 bridgehead atoms. The highest BCUT2D eigenvalue weighted by Crippen LogP contribution is 2.13. The van der Waals surface area contributed by atoms with Gasteiger partial charge in [0.15, 0.2) is 0 Å². The monoisotopic (exact) mass is 353 g/mol. The van der Waals surface area contributed by atoms with Gasteiger partial charge in [0, 0.05) is 38.8 Å². The summed E-state index contributed by atoms with van der Waals surface area (Å²) in [6, 6.07) is 10.1. The molecule has 6 heteroatoms. The number of carbonyl (C=O) groups excluding carboxylic acids is 1. The summed E-state index contributed by atoms with van der Waals surface area (Å²) < 4.78 is 0. The molecule has 1 aromatic heterocycles. The minimum Gasteiger partial charge on any atom is -0.366 e. The number of rotatable bonds is 5. The van der Waals surface area contributed by atoms with E-state index in [1.54, 1.807) is 6.07 Å². The molecule has 1 fully saturated rings. The second-order valence-electron chi connectivity index (χ2n) is 6.75. The fourth-order valence-electron chi connectivity index (χ4n) is 3.10. The molecule has 3 rings (SSSR count).